The molecule has 1 aliphatic carbocycles. The smallest absolute Gasteiger partial charge is 0.306 e. The third-order valence-corrected chi connectivity index (χ3v) is 12.0. The van der Waals surface area contributed by atoms with Gasteiger partial charge in [0.15, 0.2) is 8.32 Å². The maximum atomic E-state index is 12.7. The van der Waals surface area contributed by atoms with Crippen molar-refractivity contribution in [1.29, 1.82) is 0 Å². The van der Waals surface area contributed by atoms with Gasteiger partial charge >= 0.3 is 5.97 Å². The second-order valence-electron chi connectivity index (χ2n) is 12.1. The SMILES string of the molecule is CCCCCC/C=C/[C@@H]1[C@@H](C/C=C\CCCC(=O)OC(C)C)CC(=O)C[C@H]1O[Si](C)(C)C(C)(C)C. The number of hydrogen-bond donors (Lipinski definition) is 0. The van der Waals surface area contributed by atoms with Crippen molar-refractivity contribution in [2.45, 2.75) is 143 Å². The van der Waals surface area contributed by atoms with E-state index in [9.17, 15) is 9.59 Å². The highest BCUT2D eigenvalue weighted by Gasteiger charge is 2.44. The molecule has 0 aromatic rings. The van der Waals surface area contributed by atoms with Gasteiger partial charge < -0.3 is 9.16 Å². The molecule has 1 aliphatic rings. The first-order valence-electron chi connectivity index (χ1n) is 14.1. The first-order valence-corrected chi connectivity index (χ1v) is 17.0. The van der Waals surface area contributed by atoms with E-state index in [1.165, 1.54) is 25.7 Å². The second-order valence-corrected chi connectivity index (χ2v) is 16.9. The lowest BCUT2D eigenvalue weighted by Crippen LogP contribution is -2.49. The summed E-state index contributed by atoms with van der Waals surface area (Å²) < 4.78 is 12.0. The van der Waals surface area contributed by atoms with Crippen LogP contribution in [0.2, 0.25) is 18.1 Å². The number of rotatable bonds is 15. The minimum atomic E-state index is -1.98. The minimum absolute atomic E-state index is 0.0202. The lowest BCUT2D eigenvalue weighted by atomic mass is 9.74. The Bertz CT molecular complexity index is 687. The van der Waals surface area contributed by atoms with E-state index >= 15 is 0 Å². The number of carbonyl (C=O) groups is 2. The maximum Gasteiger partial charge on any atom is 0.306 e. The first-order chi connectivity index (χ1) is 16.4. The Morgan fingerprint density at radius 2 is 1.71 bits per heavy atom. The van der Waals surface area contributed by atoms with Gasteiger partial charge in [0, 0.05) is 25.2 Å². The van der Waals surface area contributed by atoms with Gasteiger partial charge in [0.2, 0.25) is 0 Å². The van der Waals surface area contributed by atoms with E-state index in [-0.39, 0.29) is 35.1 Å². The third kappa shape index (κ3) is 12.5. The standard InChI is InChI=1S/C30H54O4Si/c1-9-10-11-12-13-17-20-27-25(19-16-14-15-18-21-29(32)33-24(2)3)22-26(31)23-28(27)34-35(7,8)30(4,5)6/h14,16-17,20,24-25,27-28H,9-13,15,18-19,21-23H2,1-8H3/b16-14-,20-17+/t25-,27+,28+/m0/s1. The average molecular weight is 507 g/mol. The van der Waals surface area contributed by atoms with Gasteiger partial charge in [-0.2, -0.15) is 0 Å². The molecule has 0 aromatic heterocycles. The molecule has 0 aliphatic heterocycles. The largest absolute Gasteiger partial charge is 0.463 e. The van der Waals surface area contributed by atoms with Crippen LogP contribution in [-0.2, 0) is 18.8 Å². The zero-order valence-electron chi connectivity index (χ0n) is 24.0. The average Bonchev–Trinajstić information content (AvgIpc) is 2.72. The van der Waals surface area contributed by atoms with E-state index in [4.69, 9.17) is 9.16 Å². The van der Waals surface area contributed by atoms with E-state index in [1.54, 1.807) is 0 Å². The zero-order chi connectivity index (χ0) is 26.5. The minimum Gasteiger partial charge on any atom is -0.463 e. The van der Waals surface area contributed by atoms with E-state index in [0.29, 0.717) is 25.0 Å². The number of allylic oxidation sites excluding steroid dienone is 3. The zero-order valence-corrected chi connectivity index (χ0v) is 25.0. The van der Waals surface area contributed by atoms with Gasteiger partial charge in [-0.15, -0.1) is 0 Å². The van der Waals surface area contributed by atoms with Gasteiger partial charge in [-0.25, -0.2) is 0 Å². The molecule has 1 fully saturated rings. The van der Waals surface area contributed by atoms with Gasteiger partial charge in [-0.3, -0.25) is 9.59 Å². The molecule has 1 saturated carbocycles. The molecule has 5 heteroatoms. The molecule has 0 unspecified atom stereocenters. The van der Waals surface area contributed by atoms with Crippen LogP contribution in [0.3, 0.4) is 0 Å². The number of unbranched alkanes of at least 4 members (excludes halogenated alkanes) is 5. The summed E-state index contributed by atoms with van der Waals surface area (Å²) in [6.07, 6.45) is 19.3. The molecular formula is C30H54O4Si. The van der Waals surface area contributed by atoms with Crippen molar-refractivity contribution in [2.24, 2.45) is 11.8 Å². The van der Waals surface area contributed by atoms with Crippen molar-refractivity contribution >= 4 is 20.1 Å². The fourth-order valence-corrected chi connectivity index (χ4v) is 5.74. The molecule has 0 radical (unpaired) electrons. The van der Waals surface area contributed by atoms with E-state index < -0.39 is 8.32 Å². The lowest BCUT2D eigenvalue weighted by molar-refractivity contribution is -0.147. The molecule has 4 nitrogen and oxygen atoms in total. The van der Waals surface area contributed by atoms with Gasteiger partial charge in [-0.05, 0) is 70.0 Å². The number of ketones is 1. The fraction of sp³-hybridized carbons (Fsp3) is 0.800. The normalized spacial score (nSPS) is 22.0. The molecule has 0 bridgehead atoms. The predicted molar refractivity (Wildman–Crippen MR) is 150 cm³/mol. The Morgan fingerprint density at radius 3 is 2.34 bits per heavy atom. The Labute approximate surface area is 217 Å². The molecular weight excluding hydrogens is 452 g/mol. The molecule has 1 rings (SSSR count). The van der Waals surface area contributed by atoms with E-state index in [0.717, 1.165) is 25.7 Å². The summed E-state index contributed by atoms with van der Waals surface area (Å²) in [6.45, 7) is 17.4. The topological polar surface area (TPSA) is 52.6 Å². The predicted octanol–water partition coefficient (Wildman–Crippen LogP) is 8.57. The Hall–Kier alpha value is -1.20. The summed E-state index contributed by atoms with van der Waals surface area (Å²) >= 11 is 0. The monoisotopic (exact) mass is 506 g/mol. The van der Waals surface area contributed by atoms with Gasteiger partial charge in [0.25, 0.3) is 0 Å². The summed E-state index contributed by atoms with van der Waals surface area (Å²) in [5.74, 6) is 0.760. The van der Waals surface area contributed by atoms with Crippen LogP contribution in [0, 0.1) is 11.8 Å². The van der Waals surface area contributed by atoms with Crippen molar-refractivity contribution in [2.75, 3.05) is 0 Å². The molecule has 0 N–H and O–H groups in total. The van der Waals surface area contributed by atoms with Crippen molar-refractivity contribution < 1.29 is 18.8 Å². The molecule has 35 heavy (non-hydrogen) atoms. The molecule has 0 heterocycles. The molecule has 0 aromatic carbocycles. The van der Waals surface area contributed by atoms with Crippen LogP contribution < -0.4 is 0 Å². The van der Waals surface area contributed by atoms with Crippen LogP contribution in [0.1, 0.15) is 112 Å². The van der Waals surface area contributed by atoms with Crippen molar-refractivity contribution in [3.05, 3.63) is 24.3 Å². The third-order valence-electron chi connectivity index (χ3n) is 7.45. The van der Waals surface area contributed by atoms with Crippen LogP contribution >= 0.6 is 0 Å². The summed E-state index contributed by atoms with van der Waals surface area (Å²) in [7, 11) is -1.98. The molecule has 0 spiro atoms. The molecule has 202 valence electrons. The van der Waals surface area contributed by atoms with Crippen molar-refractivity contribution in [3.8, 4) is 0 Å². The molecule has 0 amide bonds. The van der Waals surface area contributed by atoms with Crippen LogP contribution in [0.25, 0.3) is 0 Å². The number of carbonyl (C=O) groups excluding carboxylic acids is 2. The molecule has 0 saturated heterocycles. The van der Waals surface area contributed by atoms with E-state index in [2.05, 4.69) is 65.1 Å². The highest BCUT2D eigenvalue weighted by Crippen LogP contribution is 2.42. The van der Waals surface area contributed by atoms with E-state index in [1.807, 2.05) is 13.8 Å². The van der Waals surface area contributed by atoms with Gasteiger partial charge in [0.05, 0.1) is 12.2 Å². The van der Waals surface area contributed by atoms with Crippen LogP contribution in [-0.4, -0.2) is 32.3 Å². The van der Waals surface area contributed by atoms with Gasteiger partial charge in [-0.1, -0.05) is 71.3 Å². The second kappa shape index (κ2) is 15.8. The van der Waals surface area contributed by atoms with Crippen molar-refractivity contribution in [1.82, 2.24) is 0 Å². The van der Waals surface area contributed by atoms with Gasteiger partial charge in [0.1, 0.15) is 5.78 Å². The number of hydrogen-bond acceptors (Lipinski definition) is 4. The van der Waals surface area contributed by atoms with Crippen LogP contribution in [0.15, 0.2) is 24.3 Å². The Balaban J connectivity index is 2.82. The Morgan fingerprint density at radius 1 is 1.03 bits per heavy atom. The summed E-state index contributed by atoms with van der Waals surface area (Å²) in [4.78, 5) is 24.5. The number of Topliss-reactive ketones (excluding diaryl/α,β-unsaturated/α-hetero) is 1. The number of ether oxygens (including phenoxy) is 1. The quantitative estimate of drug-likeness (QED) is 0.0966. The maximum absolute atomic E-state index is 12.7. The lowest BCUT2D eigenvalue weighted by Gasteiger charge is -2.44. The van der Waals surface area contributed by atoms with Crippen LogP contribution in [0.4, 0.5) is 0 Å². The summed E-state index contributed by atoms with van der Waals surface area (Å²) in [5.41, 5.74) is 0. The first kappa shape index (κ1) is 31.8. The highest BCUT2D eigenvalue weighted by molar-refractivity contribution is 6.74. The summed E-state index contributed by atoms with van der Waals surface area (Å²) in [6, 6.07) is 0. The number of esters is 1. The summed E-state index contributed by atoms with van der Waals surface area (Å²) in [5, 5.41) is 0.119. The van der Waals surface area contributed by atoms with Crippen LogP contribution in [0.5, 0.6) is 0 Å². The van der Waals surface area contributed by atoms with Crippen molar-refractivity contribution in [3.63, 3.8) is 0 Å². The fourth-order valence-electron chi connectivity index (χ4n) is 4.39. The molecule has 3 atom stereocenters. The Kier molecular flexibility index (Phi) is 14.4. The highest BCUT2D eigenvalue weighted by atomic mass is 28.4.